The molecule has 1 saturated heterocycles. The molecule has 0 aliphatic carbocycles. The summed E-state index contributed by atoms with van der Waals surface area (Å²) in [6.07, 6.45) is 2.37. The number of rotatable bonds is 17. The van der Waals surface area contributed by atoms with Gasteiger partial charge in [-0.3, -0.25) is 9.59 Å². The monoisotopic (exact) mass is 581 g/mol. The molecule has 0 saturated carbocycles. The molecule has 1 aliphatic rings. The Balaban J connectivity index is 1.69. The average molecular weight is 582 g/mol. The van der Waals surface area contributed by atoms with Gasteiger partial charge in [0.05, 0.1) is 13.7 Å². The fraction of sp³-hybridized carbons (Fsp3) is 0.588. The summed E-state index contributed by atoms with van der Waals surface area (Å²) in [6.45, 7) is 13.0. The quantitative estimate of drug-likeness (QED) is 0.257. The first-order valence-electron chi connectivity index (χ1n) is 15.5. The van der Waals surface area contributed by atoms with E-state index in [4.69, 9.17) is 14.2 Å². The third-order valence-corrected chi connectivity index (χ3v) is 8.30. The molecular weight excluding hydrogens is 530 g/mol. The largest absolute Gasteiger partial charge is 0.493 e. The van der Waals surface area contributed by atoms with E-state index in [9.17, 15) is 9.59 Å². The summed E-state index contributed by atoms with van der Waals surface area (Å²) in [4.78, 5) is 31.4. The first-order chi connectivity index (χ1) is 20.3. The Labute approximate surface area is 252 Å². The van der Waals surface area contributed by atoms with Crippen LogP contribution in [0.4, 0.5) is 0 Å². The number of amides is 2. The fourth-order valence-electron chi connectivity index (χ4n) is 5.75. The van der Waals surface area contributed by atoms with Crippen molar-refractivity contribution in [2.75, 3.05) is 53.6 Å². The summed E-state index contributed by atoms with van der Waals surface area (Å²) in [5.41, 5.74) is 1.73. The number of nitrogens with one attached hydrogen (secondary N) is 1. The fourth-order valence-corrected chi connectivity index (χ4v) is 5.75. The second-order valence-corrected chi connectivity index (χ2v) is 11.5. The second-order valence-electron chi connectivity index (χ2n) is 11.5. The Morgan fingerprint density at radius 1 is 0.976 bits per heavy atom. The van der Waals surface area contributed by atoms with Crippen molar-refractivity contribution in [1.29, 1.82) is 0 Å². The average Bonchev–Trinajstić information content (AvgIpc) is 3.45. The van der Waals surface area contributed by atoms with E-state index in [-0.39, 0.29) is 29.7 Å². The molecule has 3 rings (SSSR count). The van der Waals surface area contributed by atoms with Crippen LogP contribution >= 0.6 is 0 Å². The highest BCUT2D eigenvalue weighted by atomic mass is 16.5. The van der Waals surface area contributed by atoms with Crippen molar-refractivity contribution in [2.45, 2.75) is 59.5 Å². The van der Waals surface area contributed by atoms with Crippen LogP contribution in [-0.4, -0.2) is 81.3 Å². The van der Waals surface area contributed by atoms with E-state index in [0.29, 0.717) is 55.8 Å². The van der Waals surface area contributed by atoms with Gasteiger partial charge >= 0.3 is 0 Å². The molecule has 1 heterocycles. The van der Waals surface area contributed by atoms with Crippen LogP contribution in [0.2, 0.25) is 0 Å². The maximum atomic E-state index is 13.8. The number of carbonyl (C=O) groups excluding carboxylic acids is 2. The van der Waals surface area contributed by atoms with Crippen molar-refractivity contribution < 1.29 is 23.8 Å². The highest BCUT2D eigenvalue weighted by Gasteiger charge is 2.35. The summed E-state index contributed by atoms with van der Waals surface area (Å²) in [5.74, 6) is 1.91. The zero-order chi connectivity index (χ0) is 30.5. The lowest BCUT2D eigenvalue weighted by Gasteiger charge is -2.33. The lowest BCUT2D eigenvalue weighted by Crippen LogP contribution is -2.43. The van der Waals surface area contributed by atoms with E-state index in [1.807, 2.05) is 28.0 Å². The Bertz CT molecular complexity index is 1110. The van der Waals surface area contributed by atoms with E-state index in [1.54, 1.807) is 32.4 Å². The van der Waals surface area contributed by atoms with Crippen LogP contribution in [0.1, 0.15) is 62.9 Å². The van der Waals surface area contributed by atoms with Gasteiger partial charge in [0.15, 0.2) is 11.5 Å². The van der Waals surface area contributed by atoms with Gasteiger partial charge in [-0.2, -0.15) is 0 Å². The Hall–Kier alpha value is -3.10. The zero-order valence-corrected chi connectivity index (χ0v) is 26.4. The minimum absolute atomic E-state index is 0.0248. The minimum atomic E-state index is -0.0383. The van der Waals surface area contributed by atoms with Crippen molar-refractivity contribution in [3.63, 3.8) is 0 Å². The predicted octanol–water partition coefficient (Wildman–Crippen LogP) is 5.26. The second kappa shape index (κ2) is 17.1. The van der Waals surface area contributed by atoms with E-state index < -0.39 is 0 Å². The number of benzene rings is 2. The van der Waals surface area contributed by atoms with Crippen LogP contribution in [0.5, 0.6) is 11.5 Å². The van der Waals surface area contributed by atoms with Gasteiger partial charge in [-0.15, -0.1) is 0 Å². The highest BCUT2D eigenvalue weighted by molar-refractivity contribution is 5.95. The number of nitrogens with zero attached hydrogens (tertiary/aromatic N) is 2. The lowest BCUT2D eigenvalue weighted by molar-refractivity contribution is -0.136. The van der Waals surface area contributed by atoms with E-state index in [1.165, 1.54) is 0 Å². The van der Waals surface area contributed by atoms with E-state index in [0.717, 1.165) is 37.9 Å². The molecule has 8 nitrogen and oxygen atoms in total. The molecule has 0 aromatic heterocycles. The number of ether oxygens (including phenoxy) is 3. The molecule has 1 fully saturated rings. The summed E-state index contributed by atoms with van der Waals surface area (Å²) in [5, 5.41) is 3.54. The maximum Gasteiger partial charge on any atom is 0.254 e. The Morgan fingerprint density at radius 2 is 1.71 bits per heavy atom. The van der Waals surface area contributed by atoms with Gasteiger partial charge < -0.3 is 29.3 Å². The summed E-state index contributed by atoms with van der Waals surface area (Å²) >= 11 is 0. The topological polar surface area (TPSA) is 80.3 Å². The molecule has 0 radical (unpaired) electrons. The minimum Gasteiger partial charge on any atom is -0.493 e. The molecule has 0 unspecified atom stereocenters. The van der Waals surface area contributed by atoms with Crippen molar-refractivity contribution in [2.24, 2.45) is 17.8 Å². The van der Waals surface area contributed by atoms with E-state index >= 15 is 0 Å². The lowest BCUT2D eigenvalue weighted by atomic mass is 9.84. The molecule has 42 heavy (non-hydrogen) atoms. The van der Waals surface area contributed by atoms with Crippen LogP contribution in [0.25, 0.3) is 0 Å². The first-order valence-corrected chi connectivity index (χ1v) is 15.5. The van der Waals surface area contributed by atoms with Gasteiger partial charge in [0, 0.05) is 57.3 Å². The third-order valence-electron chi connectivity index (χ3n) is 8.30. The maximum absolute atomic E-state index is 13.8. The van der Waals surface area contributed by atoms with E-state index in [2.05, 4.69) is 45.1 Å². The molecular formula is C34H51N3O5. The molecule has 1 aliphatic heterocycles. The predicted molar refractivity (Wildman–Crippen MR) is 167 cm³/mol. The standard InChI is InChI=1S/C34H51N3O5/c1-7-27(33(38)36(8-2)23-26-13-10-9-11-14-26)19-29-21-35-22-30(29)24-37(25(3)4)34(39)28-15-16-31(41-6)32(20-28)42-18-12-17-40-5/h9-11,13-16,20,25,27,29-30,35H,7-8,12,17-19,21-24H2,1-6H3/t27-,29+,30-/m0/s1. The number of hydrogen-bond acceptors (Lipinski definition) is 6. The van der Waals surface area contributed by atoms with Crippen LogP contribution < -0.4 is 14.8 Å². The summed E-state index contributed by atoms with van der Waals surface area (Å²) in [7, 11) is 3.26. The molecule has 3 atom stereocenters. The van der Waals surface area contributed by atoms with Crippen LogP contribution in [0.15, 0.2) is 48.5 Å². The highest BCUT2D eigenvalue weighted by Crippen LogP contribution is 2.31. The van der Waals surface area contributed by atoms with Crippen molar-refractivity contribution in [3.8, 4) is 11.5 Å². The normalized spacial score (nSPS) is 17.2. The van der Waals surface area contributed by atoms with Gasteiger partial charge in [-0.25, -0.2) is 0 Å². The van der Waals surface area contributed by atoms with Gasteiger partial charge in [0.2, 0.25) is 5.91 Å². The molecule has 0 spiro atoms. The Morgan fingerprint density at radius 3 is 2.36 bits per heavy atom. The third kappa shape index (κ3) is 9.20. The Kier molecular flexibility index (Phi) is 13.6. The zero-order valence-electron chi connectivity index (χ0n) is 26.4. The number of hydrogen-bond donors (Lipinski definition) is 1. The smallest absolute Gasteiger partial charge is 0.254 e. The van der Waals surface area contributed by atoms with Crippen molar-refractivity contribution >= 4 is 11.8 Å². The van der Waals surface area contributed by atoms with Crippen molar-refractivity contribution in [3.05, 3.63) is 59.7 Å². The molecule has 8 heteroatoms. The van der Waals surface area contributed by atoms with Gasteiger partial charge in [0.25, 0.3) is 5.91 Å². The first kappa shape index (κ1) is 33.4. The van der Waals surface area contributed by atoms with Gasteiger partial charge in [-0.05, 0) is 82.3 Å². The summed E-state index contributed by atoms with van der Waals surface area (Å²) < 4.78 is 16.5. The van der Waals surface area contributed by atoms with Gasteiger partial charge in [0.1, 0.15) is 0 Å². The number of methoxy groups -OCH3 is 2. The summed E-state index contributed by atoms with van der Waals surface area (Å²) in [6, 6.07) is 15.6. The molecule has 2 aromatic rings. The number of carbonyl (C=O) groups is 2. The SMILES string of the molecule is CC[C@@H](C[C@@H]1CNC[C@H]1CN(C(=O)c1ccc(OC)c(OCCCOC)c1)C(C)C)C(=O)N(CC)Cc1ccccc1. The van der Waals surface area contributed by atoms with Crippen LogP contribution in [-0.2, 0) is 16.1 Å². The molecule has 232 valence electrons. The molecule has 1 N–H and O–H groups in total. The van der Waals surface area contributed by atoms with Crippen LogP contribution in [0, 0.1) is 17.8 Å². The molecule has 2 amide bonds. The van der Waals surface area contributed by atoms with Crippen molar-refractivity contribution in [1.82, 2.24) is 15.1 Å². The van der Waals surface area contributed by atoms with Crippen LogP contribution in [0.3, 0.4) is 0 Å². The molecule has 0 bridgehead atoms. The van der Waals surface area contributed by atoms with Gasteiger partial charge in [-0.1, -0.05) is 37.3 Å². The molecule has 2 aromatic carbocycles.